The second-order valence-electron chi connectivity index (χ2n) is 4.86. The van der Waals surface area contributed by atoms with Gasteiger partial charge in [0.15, 0.2) is 0 Å². The van der Waals surface area contributed by atoms with Gasteiger partial charge in [0.1, 0.15) is 0 Å². The number of aliphatic carboxylic acids is 1. The number of hydrogen-bond donors (Lipinski definition) is 1. The molecule has 0 fully saturated rings. The van der Waals surface area contributed by atoms with E-state index in [1.54, 1.807) is 0 Å². The fourth-order valence-electron chi connectivity index (χ4n) is 1.67. The van der Waals surface area contributed by atoms with Gasteiger partial charge >= 0.3 is 5.97 Å². The number of benzene rings is 1. The third kappa shape index (κ3) is 4.79. The molecule has 1 aromatic carbocycles. The zero-order valence-electron chi connectivity index (χ0n) is 9.66. The van der Waals surface area contributed by atoms with E-state index in [2.05, 4.69) is 28.1 Å². The Balaban J connectivity index is 2.54. The molecule has 1 N–H and O–H groups in total. The predicted molar refractivity (Wildman–Crippen MR) is 68.5 cm³/mol. The van der Waals surface area contributed by atoms with Crippen molar-refractivity contribution in [2.24, 2.45) is 5.41 Å². The molecule has 0 radical (unpaired) electrons. The van der Waals surface area contributed by atoms with Gasteiger partial charge in [-0.2, -0.15) is 0 Å². The first-order chi connectivity index (χ1) is 7.39. The fraction of sp³-hybridized carbons (Fsp3) is 0.462. The lowest BCUT2D eigenvalue weighted by Crippen LogP contribution is -2.17. The molecule has 0 heterocycles. The fourth-order valence-corrected chi connectivity index (χ4v) is 2.12. The molecular weight excluding hydrogens is 268 g/mol. The van der Waals surface area contributed by atoms with Crippen LogP contribution in [0, 0.1) is 5.41 Å². The van der Waals surface area contributed by atoms with Gasteiger partial charge in [-0.25, -0.2) is 0 Å². The van der Waals surface area contributed by atoms with E-state index >= 15 is 0 Å². The molecule has 0 aromatic heterocycles. The lowest BCUT2D eigenvalue weighted by molar-refractivity contribution is -0.139. The van der Waals surface area contributed by atoms with E-state index in [-0.39, 0.29) is 11.8 Å². The molecule has 3 heteroatoms. The van der Waals surface area contributed by atoms with E-state index < -0.39 is 5.97 Å². The molecule has 0 aliphatic rings. The number of hydrogen-bond acceptors (Lipinski definition) is 1. The van der Waals surface area contributed by atoms with Crippen LogP contribution >= 0.6 is 15.9 Å². The summed E-state index contributed by atoms with van der Waals surface area (Å²) in [6.45, 7) is 4.00. The van der Waals surface area contributed by atoms with Gasteiger partial charge in [0, 0.05) is 4.47 Å². The van der Waals surface area contributed by atoms with Crippen LogP contribution in [0.15, 0.2) is 28.7 Å². The van der Waals surface area contributed by atoms with Crippen molar-refractivity contribution in [1.82, 2.24) is 0 Å². The third-order valence-corrected chi connectivity index (χ3v) is 3.10. The first-order valence-electron chi connectivity index (χ1n) is 5.35. The highest BCUT2D eigenvalue weighted by Gasteiger charge is 2.21. The second kappa shape index (κ2) is 5.48. The lowest BCUT2D eigenvalue weighted by Gasteiger charge is -2.22. The van der Waals surface area contributed by atoms with Gasteiger partial charge < -0.3 is 5.11 Å². The van der Waals surface area contributed by atoms with Gasteiger partial charge in [-0.3, -0.25) is 4.79 Å². The highest BCUT2D eigenvalue weighted by Crippen LogP contribution is 2.27. The number of halogens is 1. The smallest absolute Gasteiger partial charge is 0.303 e. The van der Waals surface area contributed by atoms with Crippen LogP contribution in [-0.4, -0.2) is 11.1 Å². The Morgan fingerprint density at radius 3 is 2.69 bits per heavy atom. The Kier molecular flexibility index (Phi) is 4.54. The van der Waals surface area contributed by atoms with Crippen molar-refractivity contribution in [2.45, 2.75) is 33.1 Å². The van der Waals surface area contributed by atoms with Crippen LogP contribution in [0.1, 0.15) is 32.3 Å². The van der Waals surface area contributed by atoms with Crippen LogP contribution in [0.5, 0.6) is 0 Å². The van der Waals surface area contributed by atoms with Crippen molar-refractivity contribution in [1.29, 1.82) is 0 Å². The maximum Gasteiger partial charge on any atom is 0.303 e. The van der Waals surface area contributed by atoms with Crippen molar-refractivity contribution >= 4 is 21.9 Å². The molecule has 0 atom stereocenters. The summed E-state index contributed by atoms with van der Waals surface area (Å²) in [4.78, 5) is 10.7. The van der Waals surface area contributed by atoms with Crippen molar-refractivity contribution in [2.75, 3.05) is 0 Å². The molecule has 0 bridgehead atoms. The van der Waals surface area contributed by atoms with Crippen LogP contribution in [0.25, 0.3) is 0 Å². The Labute approximate surface area is 105 Å². The minimum absolute atomic E-state index is 0.145. The average molecular weight is 285 g/mol. The zero-order chi connectivity index (χ0) is 12.2. The van der Waals surface area contributed by atoms with E-state index in [9.17, 15) is 4.79 Å². The third-order valence-electron chi connectivity index (χ3n) is 2.61. The second-order valence-corrected chi connectivity index (χ2v) is 5.78. The number of carboxylic acid groups (broad SMARTS) is 1. The number of carboxylic acids is 1. The molecule has 0 unspecified atom stereocenters. The molecule has 1 aromatic rings. The first-order valence-corrected chi connectivity index (χ1v) is 6.15. The van der Waals surface area contributed by atoms with Gasteiger partial charge in [0.05, 0.1) is 6.42 Å². The van der Waals surface area contributed by atoms with Crippen molar-refractivity contribution in [3.05, 3.63) is 34.3 Å². The topological polar surface area (TPSA) is 37.3 Å². The first kappa shape index (κ1) is 13.2. The quantitative estimate of drug-likeness (QED) is 0.891. The molecule has 2 nitrogen and oxygen atoms in total. The average Bonchev–Trinajstić information content (AvgIpc) is 2.13. The van der Waals surface area contributed by atoms with E-state index in [1.165, 1.54) is 5.56 Å². The van der Waals surface area contributed by atoms with Gasteiger partial charge in [0.25, 0.3) is 0 Å². The number of rotatable bonds is 5. The van der Waals surface area contributed by atoms with E-state index in [0.717, 1.165) is 17.3 Å². The summed E-state index contributed by atoms with van der Waals surface area (Å²) in [7, 11) is 0. The van der Waals surface area contributed by atoms with Gasteiger partial charge in [0.2, 0.25) is 0 Å². The summed E-state index contributed by atoms with van der Waals surface area (Å²) in [5.41, 5.74) is 1.10. The summed E-state index contributed by atoms with van der Waals surface area (Å²) >= 11 is 3.43. The molecule has 88 valence electrons. The minimum Gasteiger partial charge on any atom is -0.481 e. The summed E-state index contributed by atoms with van der Waals surface area (Å²) in [6.07, 6.45) is 2.02. The maximum absolute atomic E-state index is 10.7. The maximum atomic E-state index is 10.7. The summed E-state index contributed by atoms with van der Waals surface area (Å²) in [5.74, 6) is -0.723. The van der Waals surface area contributed by atoms with Crippen LogP contribution < -0.4 is 0 Å². The monoisotopic (exact) mass is 284 g/mol. The minimum atomic E-state index is -0.723. The normalized spacial score (nSPS) is 11.4. The molecule has 0 amide bonds. The molecule has 0 saturated carbocycles. The largest absolute Gasteiger partial charge is 0.481 e. The van der Waals surface area contributed by atoms with E-state index in [4.69, 9.17) is 5.11 Å². The van der Waals surface area contributed by atoms with E-state index in [0.29, 0.717) is 0 Å². The highest BCUT2D eigenvalue weighted by atomic mass is 79.9. The summed E-state index contributed by atoms with van der Waals surface area (Å²) < 4.78 is 1.07. The van der Waals surface area contributed by atoms with Crippen molar-refractivity contribution in [3.8, 4) is 0 Å². The Morgan fingerprint density at radius 2 is 2.12 bits per heavy atom. The molecule has 16 heavy (non-hydrogen) atoms. The van der Waals surface area contributed by atoms with Crippen LogP contribution in [0.2, 0.25) is 0 Å². The highest BCUT2D eigenvalue weighted by molar-refractivity contribution is 9.10. The summed E-state index contributed by atoms with van der Waals surface area (Å²) in [5, 5.41) is 8.78. The van der Waals surface area contributed by atoms with Crippen LogP contribution in [0.3, 0.4) is 0 Å². The molecule has 0 saturated heterocycles. The Hall–Kier alpha value is -0.830. The zero-order valence-corrected chi connectivity index (χ0v) is 11.3. The molecular formula is C13H17BrO2. The van der Waals surface area contributed by atoms with Gasteiger partial charge in [-0.05, 0) is 36.0 Å². The predicted octanol–water partition coefficient (Wildman–Crippen LogP) is 3.88. The standard InChI is InChI=1S/C13H17BrO2/c1-13(2,9-12(15)16)7-6-10-4-3-5-11(14)8-10/h3-5,8H,6-7,9H2,1-2H3,(H,15,16). The molecule has 0 aliphatic carbocycles. The Bertz CT molecular complexity index is 372. The van der Waals surface area contributed by atoms with E-state index in [1.807, 2.05) is 26.0 Å². The molecule has 1 rings (SSSR count). The molecule has 0 aliphatic heterocycles. The molecule has 0 spiro atoms. The van der Waals surface area contributed by atoms with Crippen molar-refractivity contribution in [3.63, 3.8) is 0 Å². The summed E-state index contributed by atoms with van der Waals surface area (Å²) in [6, 6.07) is 8.15. The van der Waals surface area contributed by atoms with Crippen molar-refractivity contribution < 1.29 is 9.90 Å². The SMILES string of the molecule is CC(C)(CCc1cccc(Br)c1)CC(=O)O. The Morgan fingerprint density at radius 1 is 1.44 bits per heavy atom. The lowest BCUT2D eigenvalue weighted by atomic mass is 9.83. The number of carbonyl (C=O) groups is 1. The van der Waals surface area contributed by atoms with Gasteiger partial charge in [-0.15, -0.1) is 0 Å². The van der Waals surface area contributed by atoms with Crippen LogP contribution in [0.4, 0.5) is 0 Å². The van der Waals surface area contributed by atoms with Crippen LogP contribution in [-0.2, 0) is 11.2 Å². The van der Waals surface area contributed by atoms with Gasteiger partial charge in [-0.1, -0.05) is 41.9 Å². The number of aryl methyl sites for hydroxylation is 1.